The molecule has 378 valence electrons. The molecule has 2 unspecified atom stereocenters. The van der Waals surface area contributed by atoms with Crippen molar-refractivity contribution in [2.45, 2.75) is 99.0 Å². The van der Waals surface area contributed by atoms with Crippen LogP contribution in [0.25, 0.3) is 15.4 Å². The first-order valence-electron chi connectivity index (χ1n) is 23.9. The number of aliphatic hydroxyl groups excluding tert-OH is 1. The van der Waals surface area contributed by atoms with Crippen LogP contribution in [0.2, 0.25) is 0 Å². The Hall–Kier alpha value is -6.80. The van der Waals surface area contributed by atoms with Crippen molar-refractivity contribution in [1.82, 2.24) is 35.3 Å². The number of para-hydroxylation sites is 1. The minimum Gasteiger partial charge on any atom is -0.491 e. The van der Waals surface area contributed by atoms with Crippen LogP contribution in [0, 0.1) is 33.1 Å². The minimum atomic E-state index is -0.921. The number of rotatable bonds is 18. The first kappa shape index (κ1) is 51.6. The van der Waals surface area contributed by atoms with Crippen molar-refractivity contribution in [2.75, 3.05) is 38.3 Å². The summed E-state index contributed by atoms with van der Waals surface area (Å²) in [7, 11) is 0. The third-order valence-electron chi connectivity index (χ3n) is 12.6. The lowest BCUT2D eigenvalue weighted by molar-refractivity contribution is -0.143. The average molecular weight is 1020 g/mol. The average Bonchev–Trinajstić information content (AvgIpc) is 4.11. The molecule has 4 N–H and O–H groups in total. The van der Waals surface area contributed by atoms with Gasteiger partial charge in [0.2, 0.25) is 23.6 Å². The van der Waals surface area contributed by atoms with Gasteiger partial charge in [-0.15, -0.1) is 32.9 Å². The monoisotopic (exact) mass is 1020 g/mol. The van der Waals surface area contributed by atoms with Crippen LogP contribution < -0.4 is 25.4 Å². The Morgan fingerprint density at radius 1 is 0.903 bits per heavy atom. The Labute approximate surface area is 427 Å². The Bertz CT molecular complexity index is 2960. The third-order valence-corrected chi connectivity index (χ3v) is 14.8. The Kier molecular flexibility index (Phi) is 16.0. The number of hydrogen-bond acceptors (Lipinski definition) is 14. The van der Waals surface area contributed by atoms with Crippen LogP contribution in [0.4, 0.5) is 5.69 Å². The Balaban J connectivity index is 0.884. The van der Waals surface area contributed by atoms with E-state index in [1.165, 1.54) is 23.2 Å². The summed E-state index contributed by atoms with van der Waals surface area (Å²) >= 11 is 3.18. The maximum atomic E-state index is 13.8. The lowest BCUT2D eigenvalue weighted by atomic mass is 9.85. The number of aromatic nitrogens is 4. The van der Waals surface area contributed by atoms with Crippen molar-refractivity contribution >= 4 is 57.7 Å². The summed E-state index contributed by atoms with van der Waals surface area (Å²) in [5.74, 6) is 1.16. The Morgan fingerprint density at radius 3 is 2.32 bits per heavy atom. The molecular formula is C53H61N9O8S2. The molecule has 17 nitrogen and oxygen atoms in total. The van der Waals surface area contributed by atoms with Crippen molar-refractivity contribution in [3.8, 4) is 26.9 Å². The number of β-amino-alcohol motifs (C(OH)–C–C–N with tert-alkyl or cyclic N) is 1. The smallest absolute Gasteiger partial charge is 0.246 e. The van der Waals surface area contributed by atoms with Crippen molar-refractivity contribution in [1.29, 1.82) is 0 Å². The number of likely N-dealkylation sites (tertiary alicyclic amines) is 1. The highest BCUT2D eigenvalue weighted by molar-refractivity contribution is 7.15. The number of hydrogen-bond donors (Lipinski definition) is 4. The number of aliphatic hydroxyl groups is 1. The molecule has 0 radical (unpaired) electrons. The van der Waals surface area contributed by atoms with E-state index >= 15 is 0 Å². The van der Waals surface area contributed by atoms with Gasteiger partial charge in [0.15, 0.2) is 5.82 Å². The highest BCUT2D eigenvalue weighted by Gasteiger charge is 2.44. The second kappa shape index (κ2) is 22.3. The lowest BCUT2D eigenvalue weighted by Crippen LogP contribution is -2.57. The Morgan fingerprint density at radius 2 is 1.62 bits per heavy atom. The topological polar surface area (TPSA) is 211 Å². The molecule has 1 saturated heterocycles. The van der Waals surface area contributed by atoms with E-state index in [0.29, 0.717) is 35.2 Å². The number of aryl methyl sites for hydroxylation is 3. The van der Waals surface area contributed by atoms with E-state index in [9.17, 15) is 24.3 Å². The van der Waals surface area contributed by atoms with E-state index in [4.69, 9.17) is 19.2 Å². The molecular weight excluding hydrogens is 955 g/mol. The molecule has 3 aromatic carbocycles. The predicted molar refractivity (Wildman–Crippen MR) is 277 cm³/mol. The van der Waals surface area contributed by atoms with Crippen LogP contribution in [0.3, 0.4) is 0 Å². The molecule has 0 aliphatic carbocycles. The number of benzene rings is 3. The first-order valence-corrected chi connectivity index (χ1v) is 25.6. The molecule has 0 bridgehead atoms. The van der Waals surface area contributed by atoms with Gasteiger partial charge in [-0.05, 0) is 86.7 Å². The molecule has 19 heteroatoms. The number of thiophene rings is 1. The largest absolute Gasteiger partial charge is 0.491 e. The van der Waals surface area contributed by atoms with Crippen LogP contribution in [-0.2, 0) is 30.5 Å². The molecule has 4 amide bonds. The van der Waals surface area contributed by atoms with Crippen molar-refractivity contribution in [3.05, 3.63) is 123 Å². The summed E-state index contributed by atoms with van der Waals surface area (Å²) in [5, 5.41) is 29.2. The van der Waals surface area contributed by atoms with Gasteiger partial charge in [-0.2, -0.15) is 0 Å². The number of thiazole rings is 1. The van der Waals surface area contributed by atoms with Crippen LogP contribution in [0.5, 0.6) is 11.5 Å². The third kappa shape index (κ3) is 11.8. The van der Waals surface area contributed by atoms with Gasteiger partial charge >= 0.3 is 0 Å². The maximum Gasteiger partial charge on any atom is 0.246 e. The van der Waals surface area contributed by atoms with E-state index in [-0.39, 0.29) is 57.6 Å². The van der Waals surface area contributed by atoms with Crippen molar-refractivity contribution < 1.29 is 38.5 Å². The SMILES string of the molecule is CC(=O)NC(C(=O)N1C[C@H](O)C[C@H]1C(=O)NCc1ccc(-c2scnc2C)cc1OCCOCCOc1ccc(C2=NC(CC(=O)Nc3ccccc3)c3nnc(C)n3-c3sc(C)c(C)c32)cc1)C(C)(C)C. The summed E-state index contributed by atoms with van der Waals surface area (Å²) in [5.41, 5.74) is 8.11. The molecule has 2 aliphatic rings. The van der Waals surface area contributed by atoms with Crippen molar-refractivity contribution in [2.24, 2.45) is 10.4 Å². The van der Waals surface area contributed by atoms with Gasteiger partial charge in [-0.3, -0.25) is 28.7 Å². The van der Waals surface area contributed by atoms with E-state index in [2.05, 4.69) is 45.0 Å². The van der Waals surface area contributed by atoms with Crippen molar-refractivity contribution in [3.63, 3.8) is 0 Å². The first-order chi connectivity index (χ1) is 34.5. The van der Waals surface area contributed by atoms with Crippen LogP contribution in [0.15, 0.2) is 83.3 Å². The number of amides is 4. The number of aliphatic imine (C=N–C) groups is 1. The number of carbonyl (C=O) groups is 4. The second-order valence-electron chi connectivity index (χ2n) is 19.1. The number of carbonyl (C=O) groups excluding carboxylic acids is 4. The van der Waals surface area contributed by atoms with Gasteiger partial charge in [0.25, 0.3) is 0 Å². The fraction of sp³-hybridized carbons (Fsp3) is 0.396. The summed E-state index contributed by atoms with van der Waals surface area (Å²) in [6.07, 6.45) is -0.737. The van der Waals surface area contributed by atoms with Crippen LogP contribution >= 0.6 is 22.7 Å². The molecule has 3 aromatic heterocycles. The summed E-state index contributed by atoms with van der Waals surface area (Å²) < 4.78 is 20.4. The number of fused-ring (bicyclic) bond motifs is 3. The maximum absolute atomic E-state index is 13.8. The van der Waals surface area contributed by atoms with Gasteiger partial charge in [0, 0.05) is 53.7 Å². The molecule has 5 heterocycles. The number of nitrogens with zero attached hydrogens (tertiary/aromatic N) is 6. The van der Waals surface area contributed by atoms with E-state index in [0.717, 1.165) is 54.2 Å². The van der Waals surface area contributed by atoms with Gasteiger partial charge in [0.1, 0.15) is 53.7 Å². The van der Waals surface area contributed by atoms with Gasteiger partial charge in [0.05, 0.1) is 47.5 Å². The predicted octanol–water partition coefficient (Wildman–Crippen LogP) is 7.21. The zero-order valence-electron chi connectivity index (χ0n) is 41.8. The number of ether oxygens (including phenoxy) is 3. The van der Waals surface area contributed by atoms with Crippen LogP contribution in [-0.4, -0.2) is 110 Å². The molecule has 8 rings (SSSR count). The summed E-state index contributed by atoms with van der Waals surface area (Å²) in [6.45, 7) is 16.0. The zero-order valence-corrected chi connectivity index (χ0v) is 43.4. The van der Waals surface area contributed by atoms with Gasteiger partial charge in [-0.1, -0.05) is 51.1 Å². The molecule has 72 heavy (non-hydrogen) atoms. The molecule has 0 saturated carbocycles. The highest BCUT2D eigenvalue weighted by Crippen LogP contribution is 2.40. The molecule has 2 aliphatic heterocycles. The summed E-state index contributed by atoms with van der Waals surface area (Å²) in [6, 6.07) is 20.5. The molecule has 6 aromatic rings. The fourth-order valence-corrected chi connectivity index (χ4v) is 10.9. The minimum absolute atomic E-state index is 0.0173. The lowest BCUT2D eigenvalue weighted by Gasteiger charge is -2.35. The summed E-state index contributed by atoms with van der Waals surface area (Å²) in [4.78, 5) is 66.1. The quantitative estimate of drug-likeness (QED) is 0.0632. The second-order valence-corrected chi connectivity index (χ2v) is 21.1. The van der Waals surface area contributed by atoms with E-state index < -0.39 is 41.5 Å². The fourth-order valence-electron chi connectivity index (χ4n) is 8.85. The number of nitrogens with one attached hydrogen (secondary N) is 3. The standard InChI is InChI=1S/C53H61N9O8S2/c1-30-32(3)72-52-45(30)46(58-41(49-60-59-33(4)62(49)52)26-44(65)57-38-12-10-9-11-13-38)35-16-18-40(19-17-35)69-22-20-68-21-23-70-43-24-36(47-31(2)55-29-71-47)14-15-37(43)27-54-50(66)42-25-39(64)28-61(42)51(67)48(53(6,7)8)56-34(5)63/h9-19,24,29,39,41-42,48,64H,20-23,25-28H2,1-8H3,(H,54,66)(H,56,63)(H,57,65)/t39-,41?,42+,48?/m1/s1. The number of anilines is 1. The molecule has 0 spiro atoms. The van der Waals surface area contributed by atoms with E-state index in [1.54, 1.807) is 16.8 Å². The molecule has 4 atom stereocenters. The zero-order chi connectivity index (χ0) is 51.3. The normalized spacial score (nSPS) is 16.8. The van der Waals surface area contributed by atoms with E-state index in [1.807, 2.05) is 112 Å². The van der Waals surface area contributed by atoms with Crippen LogP contribution in [0.1, 0.15) is 91.1 Å². The molecule has 1 fully saturated rings. The van der Waals surface area contributed by atoms with Gasteiger partial charge < -0.3 is 40.2 Å². The highest BCUT2D eigenvalue weighted by atomic mass is 32.1. The van der Waals surface area contributed by atoms with Gasteiger partial charge in [-0.25, -0.2) is 4.98 Å².